The van der Waals surface area contributed by atoms with E-state index >= 15 is 0 Å². The first-order valence-corrected chi connectivity index (χ1v) is 10.5. The minimum atomic E-state index is -3.51. The van der Waals surface area contributed by atoms with E-state index in [2.05, 4.69) is 25.7 Å². The summed E-state index contributed by atoms with van der Waals surface area (Å²) in [5, 5.41) is 1.75. The fourth-order valence-corrected chi connectivity index (χ4v) is 5.25. The third kappa shape index (κ3) is 3.46. The van der Waals surface area contributed by atoms with Gasteiger partial charge in [0.25, 0.3) is 0 Å². The second-order valence-corrected chi connectivity index (χ2v) is 9.99. The zero-order valence-electron chi connectivity index (χ0n) is 16.4. The normalized spacial score (nSPS) is 17.6. The lowest BCUT2D eigenvalue weighted by molar-refractivity contribution is 0.0922. The van der Waals surface area contributed by atoms with Crippen LogP contribution in [0, 0.1) is 0 Å². The molecule has 142 valence electrons. The first-order chi connectivity index (χ1) is 12.1. The van der Waals surface area contributed by atoms with Gasteiger partial charge in [0.15, 0.2) is 0 Å². The van der Waals surface area contributed by atoms with Crippen molar-refractivity contribution in [3.63, 3.8) is 0 Å². The van der Waals surface area contributed by atoms with Crippen LogP contribution < -0.4 is 4.90 Å². The van der Waals surface area contributed by atoms with Crippen LogP contribution >= 0.6 is 0 Å². The quantitative estimate of drug-likeness (QED) is 0.827. The maximum atomic E-state index is 13.3. The second kappa shape index (κ2) is 6.83. The van der Waals surface area contributed by atoms with Crippen LogP contribution in [0.4, 0.5) is 5.69 Å². The van der Waals surface area contributed by atoms with Gasteiger partial charge in [-0.25, -0.2) is 8.42 Å². The van der Waals surface area contributed by atoms with E-state index in [-0.39, 0.29) is 5.54 Å². The van der Waals surface area contributed by atoms with Crippen molar-refractivity contribution in [2.24, 2.45) is 0 Å². The van der Waals surface area contributed by atoms with Crippen molar-refractivity contribution in [1.82, 2.24) is 9.21 Å². The average Bonchev–Trinajstić information content (AvgIpc) is 2.59. The topological polar surface area (TPSA) is 43.9 Å². The summed E-state index contributed by atoms with van der Waals surface area (Å²) in [6, 6.07) is 11.4. The van der Waals surface area contributed by atoms with Crippen LogP contribution in [0.2, 0.25) is 0 Å². The summed E-state index contributed by atoms with van der Waals surface area (Å²) in [5.41, 5.74) is 1.09. The summed E-state index contributed by atoms with van der Waals surface area (Å²) in [5.74, 6) is 0. The molecular weight excluding hydrogens is 346 g/mol. The molecule has 26 heavy (non-hydrogen) atoms. The highest BCUT2D eigenvalue weighted by molar-refractivity contribution is 7.89. The molecule has 0 atom stereocenters. The van der Waals surface area contributed by atoms with Gasteiger partial charge in [0.2, 0.25) is 10.0 Å². The van der Waals surface area contributed by atoms with E-state index in [1.807, 2.05) is 49.3 Å². The van der Waals surface area contributed by atoms with Gasteiger partial charge in [0.1, 0.15) is 0 Å². The first kappa shape index (κ1) is 19.1. The smallest absolute Gasteiger partial charge is 0.243 e. The van der Waals surface area contributed by atoms with Gasteiger partial charge in [0.05, 0.1) is 4.90 Å². The molecule has 0 unspecified atom stereocenters. The molecule has 0 aromatic heterocycles. The largest absolute Gasteiger partial charge is 0.377 e. The van der Waals surface area contributed by atoms with Crippen molar-refractivity contribution in [1.29, 1.82) is 0 Å². The predicted octanol–water partition coefficient (Wildman–Crippen LogP) is 3.01. The van der Waals surface area contributed by atoms with Gasteiger partial charge < -0.3 is 4.90 Å². The Morgan fingerprint density at radius 2 is 1.46 bits per heavy atom. The molecule has 1 heterocycles. The fourth-order valence-electron chi connectivity index (χ4n) is 3.62. The Balaban J connectivity index is 1.97. The molecule has 3 rings (SSSR count). The van der Waals surface area contributed by atoms with Crippen molar-refractivity contribution in [2.45, 2.75) is 31.2 Å². The van der Waals surface area contributed by atoms with Crippen LogP contribution in [0.15, 0.2) is 41.3 Å². The Labute approximate surface area is 157 Å². The van der Waals surface area contributed by atoms with Gasteiger partial charge in [-0.3, -0.25) is 4.90 Å². The van der Waals surface area contributed by atoms with Crippen molar-refractivity contribution < 1.29 is 8.42 Å². The number of fused-ring (bicyclic) bond motifs is 1. The molecule has 1 aliphatic heterocycles. The zero-order chi connectivity index (χ0) is 19.1. The number of sulfonamides is 1. The lowest BCUT2D eigenvalue weighted by Gasteiger charge is -2.41. The number of hydrogen-bond donors (Lipinski definition) is 0. The van der Waals surface area contributed by atoms with Crippen molar-refractivity contribution in [3.8, 4) is 0 Å². The van der Waals surface area contributed by atoms with E-state index in [0.717, 1.165) is 29.5 Å². The second-order valence-electron chi connectivity index (χ2n) is 8.08. The third-order valence-electron chi connectivity index (χ3n) is 5.15. The van der Waals surface area contributed by atoms with E-state index < -0.39 is 10.0 Å². The maximum Gasteiger partial charge on any atom is 0.243 e. The molecule has 0 spiro atoms. The molecule has 0 N–H and O–H groups in total. The molecule has 5 nitrogen and oxygen atoms in total. The van der Waals surface area contributed by atoms with Crippen LogP contribution in [-0.4, -0.2) is 63.4 Å². The van der Waals surface area contributed by atoms with Crippen molar-refractivity contribution in [3.05, 3.63) is 36.4 Å². The summed E-state index contributed by atoms with van der Waals surface area (Å²) < 4.78 is 28.3. The summed E-state index contributed by atoms with van der Waals surface area (Å²) in [7, 11) is 0.436. The van der Waals surface area contributed by atoms with Gasteiger partial charge in [-0.1, -0.05) is 24.3 Å². The molecule has 6 heteroatoms. The van der Waals surface area contributed by atoms with Gasteiger partial charge in [0, 0.05) is 62.3 Å². The van der Waals surface area contributed by atoms with Crippen molar-refractivity contribution >= 4 is 26.5 Å². The maximum absolute atomic E-state index is 13.3. The predicted molar refractivity (Wildman–Crippen MR) is 108 cm³/mol. The average molecular weight is 376 g/mol. The number of nitrogens with zero attached hydrogens (tertiary/aromatic N) is 3. The molecule has 0 saturated carbocycles. The van der Waals surface area contributed by atoms with Crippen LogP contribution in [0.3, 0.4) is 0 Å². The minimum Gasteiger partial charge on any atom is -0.377 e. The zero-order valence-corrected chi connectivity index (χ0v) is 17.2. The Kier molecular flexibility index (Phi) is 5.03. The first-order valence-electron chi connectivity index (χ1n) is 9.06. The number of anilines is 1. The highest BCUT2D eigenvalue weighted by atomic mass is 32.2. The highest BCUT2D eigenvalue weighted by Crippen LogP contribution is 2.32. The van der Waals surface area contributed by atoms with E-state index in [1.54, 1.807) is 10.4 Å². The molecule has 0 bridgehead atoms. The van der Waals surface area contributed by atoms with Gasteiger partial charge in [-0.05, 0) is 32.9 Å². The van der Waals surface area contributed by atoms with Crippen molar-refractivity contribution in [2.75, 3.05) is 45.2 Å². The van der Waals surface area contributed by atoms with E-state index in [0.29, 0.717) is 18.0 Å². The SMILES string of the molecule is CN(C)c1cccc2c(S(=O)(=O)N3CCN(C(C)(C)C)CC3)cccc12. The lowest BCUT2D eigenvalue weighted by Crippen LogP contribution is -2.54. The summed E-state index contributed by atoms with van der Waals surface area (Å²) in [6.45, 7) is 9.10. The molecule has 0 aliphatic carbocycles. The molecule has 0 amide bonds. The molecule has 1 aliphatic rings. The number of hydrogen-bond acceptors (Lipinski definition) is 4. The molecular formula is C20H29N3O2S. The van der Waals surface area contributed by atoms with E-state index in [4.69, 9.17) is 0 Å². The monoisotopic (exact) mass is 375 g/mol. The Hall–Kier alpha value is -1.63. The van der Waals surface area contributed by atoms with E-state index in [9.17, 15) is 8.42 Å². The lowest BCUT2D eigenvalue weighted by atomic mass is 10.1. The standard InChI is InChI=1S/C20H29N3O2S/c1-20(2,3)22-12-14-23(15-13-22)26(24,25)19-11-7-8-16-17(19)9-6-10-18(16)21(4)5/h6-11H,12-15H2,1-5H3. The molecule has 1 saturated heterocycles. The number of piperazine rings is 1. The van der Waals surface area contributed by atoms with Crippen LogP contribution in [0.5, 0.6) is 0 Å². The van der Waals surface area contributed by atoms with Gasteiger partial charge >= 0.3 is 0 Å². The van der Waals surface area contributed by atoms with Crippen LogP contribution in [0.25, 0.3) is 10.8 Å². The summed E-state index contributed by atoms with van der Waals surface area (Å²) in [6.07, 6.45) is 0. The number of rotatable bonds is 3. The minimum absolute atomic E-state index is 0.0654. The molecule has 0 radical (unpaired) electrons. The van der Waals surface area contributed by atoms with Gasteiger partial charge in [-0.2, -0.15) is 4.31 Å². The summed E-state index contributed by atoms with van der Waals surface area (Å²) >= 11 is 0. The fraction of sp³-hybridized carbons (Fsp3) is 0.500. The molecule has 1 fully saturated rings. The Morgan fingerprint density at radius 1 is 0.885 bits per heavy atom. The Morgan fingerprint density at radius 3 is 2.04 bits per heavy atom. The molecule has 2 aromatic rings. The van der Waals surface area contributed by atoms with Crippen LogP contribution in [-0.2, 0) is 10.0 Å². The number of benzene rings is 2. The van der Waals surface area contributed by atoms with E-state index in [1.165, 1.54) is 0 Å². The Bertz CT molecular complexity index is 893. The highest BCUT2D eigenvalue weighted by Gasteiger charge is 2.33. The van der Waals surface area contributed by atoms with Gasteiger partial charge in [-0.15, -0.1) is 0 Å². The third-order valence-corrected chi connectivity index (χ3v) is 7.10. The van der Waals surface area contributed by atoms with Crippen LogP contribution in [0.1, 0.15) is 20.8 Å². The molecule has 2 aromatic carbocycles. The summed E-state index contributed by atoms with van der Waals surface area (Å²) in [4.78, 5) is 4.76.